The Bertz CT molecular complexity index is 335. The van der Waals surface area contributed by atoms with Gasteiger partial charge in [-0.05, 0) is 31.5 Å². The van der Waals surface area contributed by atoms with Crippen LogP contribution in [-0.2, 0) is 6.54 Å². The minimum atomic E-state index is 1.14. The molecule has 0 radical (unpaired) electrons. The van der Waals surface area contributed by atoms with Crippen molar-refractivity contribution in [3.8, 4) is 0 Å². The summed E-state index contributed by atoms with van der Waals surface area (Å²) in [6.07, 6.45) is 2.61. The third kappa shape index (κ3) is 2.76. The molecule has 0 fully saturated rings. The minimum Gasteiger partial charge on any atom is -0.289 e. The fourth-order valence-corrected chi connectivity index (χ4v) is 2.96. The highest BCUT2D eigenvalue weighted by Gasteiger charge is 2.15. The maximum Gasteiger partial charge on any atom is 0.0495 e. The Kier molecular flexibility index (Phi) is 3.71. The van der Waals surface area contributed by atoms with Gasteiger partial charge in [-0.2, -0.15) is 0 Å². The molecule has 0 aromatic heterocycles. The molecule has 0 spiro atoms. The van der Waals surface area contributed by atoms with E-state index in [4.69, 9.17) is 0 Å². The molecule has 0 N–H and O–H groups in total. The van der Waals surface area contributed by atoms with E-state index in [9.17, 15) is 0 Å². The number of fused-ring (bicyclic) bond motifs is 1. The Morgan fingerprint density at radius 3 is 3.07 bits per heavy atom. The molecule has 1 nitrogen and oxygen atoms in total. The van der Waals surface area contributed by atoms with Gasteiger partial charge in [0, 0.05) is 17.3 Å². The first kappa shape index (κ1) is 11.0. The van der Waals surface area contributed by atoms with Crippen molar-refractivity contribution in [2.75, 3.05) is 12.4 Å². The average Bonchev–Trinajstić information content (AvgIpc) is 2.25. The highest BCUT2D eigenvalue weighted by Crippen LogP contribution is 2.30. The SMILES string of the molecule is CCCCN1CSc2ccc(C)cc2C1. The third-order valence-electron chi connectivity index (χ3n) is 2.84. The Morgan fingerprint density at radius 1 is 1.40 bits per heavy atom. The number of aryl methyl sites for hydroxylation is 1. The molecule has 0 bridgehead atoms. The predicted octanol–water partition coefficient (Wildman–Crippen LogP) is 3.66. The Labute approximate surface area is 96.9 Å². The number of unbranched alkanes of at least 4 members (excludes halogenated alkanes) is 1. The summed E-state index contributed by atoms with van der Waals surface area (Å²) in [5.41, 5.74) is 2.90. The fourth-order valence-electron chi connectivity index (χ4n) is 1.95. The quantitative estimate of drug-likeness (QED) is 0.766. The Hall–Kier alpha value is -0.470. The summed E-state index contributed by atoms with van der Waals surface area (Å²) < 4.78 is 0. The average molecular weight is 221 g/mol. The zero-order valence-corrected chi connectivity index (χ0v) is 10.4. The molecule has 0 aliphatic carbocycles. The molecule has 15 heavy (non-hydrogen) atoms. The summed E-state index contributed by atoms with van der Waals surface area (Å²) in [5, 5.41) is 0. The van der Waals surface area contributed by atoms with Gasteiger partial charge in [0.15, 0.2) is 0 Å². The van der Waals surface area contributed by atoms with Gasteiger partial charge < -0.3 is 0 Å². The van der Waals surface area contributed by atoms with Crippen LogP contribution in [0.15, 0.2) is 23.1 Å². The van der Waals surface area contributed by atoms with Gasteiger partial charge in [0.05, 0.1) is 0 Å². The van der Waals surface area contributed by atoms with E-state index in [0.717, 1.165) is 12.4 Å². The predicted molar refractivity (Wildman–Crippen MR) is 67.2 cm³/mol. The van der Waals surface area contributed by atoms with E-state index in [1.807, 2.05) is 11.8 Å². The van der Waals surface area contributed by atoms with Gasteiger partial charge in [-0.1, -0.05) is 31.0 Å². The fraction of sp³-hybridized carbons (Fsp3) is 0.538. The molecular weight excluding hydrogens is 202 g/mol. The second-order valence-electron chi connectivity index (χ2n) is 4.29. The topological polar surface area (TPSA) is 3.24 Å². The van der Waals surface area contributed by atoms with E-state index in [1.54, 1.807) is 0 Å². The van der Waals surface area contributed by atoms with E-state index in [1.165, 1.54) is 35.4 Å². The van der Waals surface area contributed by atoms with Gasteiger partial charge >= 0.3 is 0 Å². The lowest BCUT2D eigenvalue weighted by Gasteiger charge is -2.28. The highest BCUT2D eigenvalue weighted by molar-refractivity contribution is 7.99. The largest absolute Gasteiger partial charge is 0.289 e. The Balaban J connectivity index is 2.05. The number of rotatable bonds is 3. The molecule has 0 amide bonds. The lowest BCUT2D eigenvalue weighted by Crippen LogP contribution is -2.27. The van der Waals surface area contributed by atoms with Crippen LogP contribution < -0.4 is 0 Å². The van der Waals surface area contributed by atoms with Crippen LogP contribution in [-0.4, -0.2) is 17.3 Å². The van der Waals surface area contributed by atoms with Crippen LogP contribution in [0.5, 0.6) is 0 Å². The highest BCUT2D eigenvalue weighted by atomic mass is 32.2. The molecule has 1 aromatic rings. The van der Waals surface area contributed by atoms with Crippen molar-refractivity contribution in [2.45, 2.75) is 38.1 Å². The molecule has 0 saturated heterocycles. The van der Waals surface area contributed by atoms with E-state index in [0.29, 0.717) is 0 Å². The molecule has 1 aliphatic heterocycles. The maximum absolute atomic E-state index is 2.55. The van der Waals surface area contributed by atoms with Crippen LogP contribution in [0, 0.1) is 6.92 Å². The van der Waals surface area contributed by atoms with Gasteiger partial charge in [-0.25, -0.2) is 0 Å². The zero-order valence-electron chi connectivity index (χ0n) is 9.62. The second-order valence-corrected chi connectivity index (χ2v) is 5.28. The summed E-state index contributed by atoms with van der Waals surface area (Å²) >= 11 is 1.98. The van der Waals surface area contributed by atoms with Gasteiger partial charge in [0.2, 0.25) is 0 Å². The number of hydrogen-bond acceptors (Lipinski definition) is 2. The number of benzene rings is 1. The van der Waals surface area contributed by atoms with E-state index >= 15 is 0 Å². The molecule has 1 heterocycles. The molecule has 82 valence electrons. The van der Waals surface area contributed by atoms with Gasteiger partial charge in [0.1, 0.15) is 0 Å². The molecule has 1 aliphatic rings. The van der Waals surface area contributed by atoms with Crippen molar-refractivity contribution < 1.29 is 0 Å². The smallest absolute Gasteiger partial charge is 0.0495 e. The van der Waals surface area contributed by atoms with Crippen molar-refractivity contribution in [3.63, 3.8) is 0 Å². The molecule has 2 heteroatoms. The van der Waals surface area contributed by atoms with E-state index < -0.39 is 0 Å². The number of hydrogen-bond donors (Lipinski definition) is 0. The van der Waals surface area contributed by atoms with E-state index in [2.05, 4.69) is 36.9 Å². The normalized spacial score (nSPS) is 16.4. The van der Waals surface area contributed by atoms with Gasteiger partial charge in [-0.15, -0.1) is 11.8 Å². The van der Waals surface area contributed by atoms with Crippen LogP contribution in [0.2, 0.25) is 0 Å². The van der Waals surface area contributed by atoms with Crippen LogP contribution in [0.25, 0.3) is 0 Å². The molecule has 0 unspecified atom stereocenters. The van der Waals surface area contributed by atoms with Crippen molar-refractivity contribution in [3.05, 3.63) is 29.3 Å². The molecular formula is C13H19NS. The number of thioether (sulfide) groups is 1. The lowest BCUT2D eigenvalue weighted by atomic mass is 10.1. The first-order chi connectivity index (χ1) is 7.29. The summed E-state index contributed by atoms with van der Waals surface area (Å²) in [6, 6.07) is 6.82. The van der Waals surface area contributed by atoms with Gasteiger partial charge in [0.25, 0.3) is 0 Å². The Morgan fingerprint density at radius 2 is 2.27 bits per heavy atom. The minimum absolute atomic E-state index is 1.14. The second kappa shape index (κ2) is 5.04. The van der Waals surface area contributed by atoms with Crippen molar-refractivity contribution in [1.29, 1.82) is 0 Å². The van der Waals surface area contributed by atoms with Crippen LogP contribution >= 0.6 is 11.8 Å². The summed E-state index contributed by atoms with van der Waals surface area (Å²) in [7, 11) is 0. The summed E-state index contributed by atoms with van der Waals surface area (Å²) in [6.45, 7) is 6.83. The monoisotopic (exact) mass is 221 g/mol. The standard InChI is InChI=1S/C13H19NS/c1-3-4-7-14-9-12-8-11(2)5-6-13(12)15-10-14/h5-6,8H,3-4,7,9-10H2,1-2H3. The summed E-state index contributed by atoms with van der Waals surface area (Å²) in [5.74, 6) is 1.16. The molecule has 2 rings (SSSR count). The van der Waals surface area contributed by atoms with Crippen molar-refractivity contribution in [2.24, 2.45) is 0 Å². The zero-order chi connectivity index (χ0) is 10.7. The first-order valence-corrected chi connectivity index (χ1v) is 6.73. The molecule has 1 aromatic carbocycles. The van der Waals surface area contributed by atoms with Crippen LogP contribution in [0.4, 0.5) is 0 Å². The maximum atomic E-state index is 2.55. The lowest BCUT2D eigenvalue weighted by molar-refractivity contribution is 0.300. The molecule has 0 atom stereocenters. The first-order valence-electron chi connectivity index (χ1n) is 5.74. The third-order valence-corrected chi connectivity index (χ3v) is 4.04. The van der Waals surface area contributed by atoms with Gasteiger partial charge in [-0.3, -0.25) is 4.90 Å². The van der Waals surface area contributed by atoms with Crippen LogP contribution in [0.3, 0.4) is 0 Å². The number of nitrogens with zero attached hydrogens (tertiary/aromatic N) is 1. The van der Waals surface area contributed by atoms with E-state index in [-0.39, 0.29) is 0 Å². The van der Waals surface area contributed by atoms with Crippen molar-refractivity contribution in [1.82, 2.24) is 4.90 Å². The van der Waals surface area contributed by atoms with Crippen LogP contribution in [0.1, 0.15) is 30.9 Å². The van der Waals surface area contributed by atoms with Crippen molar-refractivity contribution >= 4 is 11.8 Å². The molecule has 0 saturated carbocycles. The summed E-state index contributed by atoms with van der Waals surface area (Å²) in [4.78, 5) is 4.03.